The maximum absolute atomic E-state index is 13.2. The summed E-state index contributed by atoms with van der Waals surface area (Å²) < 4.78 is 5.36. The Morgan fingerprint density at radius 2 is 2.10 bits per heavy atom. The number of hydrogen-bond acceptors (Lipinski definition) is 3. The van der Waals surface area contributed by atoms with E-state index in [2.05, 4.69) is 6.08 Å². The molecule has 0 radical (unpaired) electrons. The first-order valence-electron chi connectivity index (χ1n) is 8.07. The monoisotopic (exact) mass is 292 g/mol. The van der Waals surface area contributed by atoms with E-state index in [4.69, 9.17) is 4.74 Å². The van der Waals surface area contributed by atoms with Crippen molar-refractivity contribution in [3.8, 4) is 0 Å². The first-order valence-corrected chi connectivity index (χ1v) is 8.07. The first-order chi connectivity index (χ1) is 10.2. The highest BCUT2D eigenvalue weighted by Crippen LogP contribution is 2.47. The van der Waals surface area contributed by atoms with E-state index in [0.29, 0.717) is 45.7 Å². The molecule has 3 aliphatic rings. The zero-order valence-electron chi connectivity index (χ0n) is 12.8. The number of nitrogens with zero attached hydrogens (tertiary/aromatic N) is 2. The zero-order chi connectivity index (χ0) is 14.9. The molecule has 0 N–H and O–H groups in total. The van der Waals surface area contributed by atoms with Gasteiger partial charge in [-0.05, 0) is 32.6 Å². The number of fused-ring (bicyclic) bond motifs is 1. The second-order valence-electron chi connectivity index (χ2n) is 6.11. The Balaban J connectivity index is 1.92. The third-order valence-corrected chi connectivity index (χ3v) is 5.02. The van der Waals surface area contributed by atoms with Gasteiger partial charge in [0.15, 0.2) is 0 Å². The Morgan fingerprint density at radius 3 is 2.81 bits per heavy atom. The van der Waals surface area contributed by atoms with E-state index in [1.807, 2.05) is 16.7 Å². The predicted octanol–water partition coefficient (Wildman–Crippen LogP) is 1.54. The van der Waals surface area contributed by atoms with Gasteiger partial charge in [0.05, 0.1) is 18.6 Å². The van der Waals surface area contributed by atoms with E-state index in [-0.39, 0.29) is 11.8 Å². The van der Waals surface area contributed by atoms with Crippen molar-refractivity contribution in [3.05, 3.63) is 11.8 Å². The van der Waals surface area contributed by atoms with Gasteiger partial charge < -0.3 is 14.5 Å². The molecule has 0 aromatic carbocycles. The molecule has 2 saturated heterocycles. The summed E-state index contributed by atoms with van der Waals surface area (Å²) in [5, 5.41) is 0. The number of hydrogen-bond donors (Lipinski definition) is 0. The van der Waals surface area contributed by atoms with Gasteiger partial charge in [0.1, 0.15) is 0 Å². The lowest BCUT2D eigenvalue weighted by Gasteiger charge is -2.48. The molecule has 5 heteroatoms. The second-order valence-corrected chi connectivity index (χ2v) is 6.11. The fraction of sp³-hybridized carbons (Fsp3) is 0.750. The number of morpholine rings is 1. The summed E-state index contributed by atoms with van der Waals surface area (Å²) in [6, 6.07) is 0. The third-order valence-electron chi connectivity index (χ3n) is 5.02. The van der Waals surface area contributed by atoms with Crippen molar-refractivity contribution in [1.29, 1.82) is 0 Å². The SMILES string of the molecule is CCN1C(=O)CCC2(C(=O)N3CCOCC3)CCCC=C12. The smallest absolute Gasteiger partial charge is 0.234 e. The summed E-state index contributed by atoms with van der Waals surface area (Å²) in [5.41, 5.74) is 0.517. The van der Waals surface area contributed by atoms with Crippen molar-refractivity contribution < 1.29 is 14.3 Å². The highest BCUT2D eigenvalue weighted by Gasteiger charge is 2.50. The Morgan fingerprint density at radius 1 is 1.33 bits per heavy atom. The number of piperidine rings is 1. The van der Waals surface area contributed by atoms with Crippen LogP contribution in [0.4, 0.5) is 0 Å². The number of carbonyl (C=O) groups is 2. The molecule has 21 heavy (non-hydrogen) atoms. The predicted molar refractivity (Wildman–Crippen MR) is 78.4 cm³/mol. The summed E-state index contributed by atoms with van der Waals surface area (Å²) in [6.45, 7) is 5.24. The molecule has 2 heterocycles. The van der Waals surface area contributed by atoms with Crippen LogP contribution in [0, 0.1) is 5.41 Å². The average Bonchev–Trinajstić information content (AvgIpc) is 2.55. The van der Waals surface area contributed by atoms with E-state index < -0.39 is 5.41 Å². The molecule has 5 nitrogen and oxygen atoms in total. The van der Waals surface area contributed by atoms with Crippen molar-refractivity contribution >= 4 is 11.8 Å². The number of ether oxygens (including phenoxy) is 1. The largest absolute Gasteiger partial charge is 0.378 e. The van der Waals surface area contributed by atoms with E-state index in [0.717, 1.165) is 25.0 Å². The summed E-state index contributed by atoms with van der Waals surface area (Å²) >= 11 is 0. The fourth-order valence-electron chi connectivity index (χ4n) is 3.92. The number of amides is 2. The minimum absolute atomic E-state index is 0.163. The molecule has 2 amide bonds. The molecule has 0 aromatic heterocycles. The summed E-state index contributed by atoms with van der Waals surface area (Å²) in [6.07, 6.45) is 6.16. The summed E-state index contributed by atoms with van der Waals surface area (Å²) in [5.74, 6) is 0.374. The van der Waals surface area contributed by atoms with Crippen LogP contribution in [-0.4, -0.2) is 54.5 Å². The molecule has 0 spiro atoms. The third kappa shape index (κ3) is 2.37. The van der Waals surface area contributed by atoms with Crippen LogP contribution in [0.5, 0.6) is 0 Å². The molecule has 116 valence electrons. The van der Waals surface area contributed by atoms with E-state index >= 15 is 0 Å². The van der Waals surface area contributed by atoms with Gasteiger partial charge in [-0.25, -0.2) is 0 Å². The maximum atomic E-state index is 13.2. The van der Waals surface area contributed by atoms with Crippen molar-refractivity contribution in [2.24, 2.45) is 5.41 Å². The Labute approximate surface area is 125 Å². The van der Waals surface area contributed by atoms with E-state index in [1.54, 1.807) is 0 Å². The average molecular weight is 292 g/mol. The van der Waals surface area contributed by atoms with Crippen molar-refractivity contribution in [2.75, 3.05) is 32.8 Å². The van der Waals surface area contributed by atoms with E-state index in [9.17, 15) is 9.59 Å². The molecule has 1 atom stereocenters. The van der Waals surface area contributed by atoms with Gasteiger partial charge in [-0.15, -0.1) is 0 Å². The summed E-state index contributed by atoms with van der Waals surface area (Å²) in [4.78, 5) is 29.1. The van der Waals surface area contributed by atoms with Crippen LogP contribution in [0.3, 0.4) is 0 Å². The first kappa shape index (κ1) is 14.6. The molecule has 1 unspecified atom stereocenters. The molecule has 1 aliphatic carbocycles. The van der Waals surface area contributed by atoms with Gasteiger partial charge >= 0.3 is 0 Å². The van der Waals surface area contributed by atoms with Crippen LogP contribution in [0.2, 0.25) is 0 Å². The number of allylic oxidation sites excluding steroid dienone is 1. The van der Waals surface area contributed by atoms with Gasteiger partial charge in [0.2, 0.25) is 11.8 Å². The fourth-order valence-corrected chi connectivity index (χ4v) is 3.92. The molecular formula is C16H24N2O3. The highest BCUT2D eigenvalue weighted by atomic mass is 16.5. The van der Waals surface area contributed by atoms with Crippen LogP contribution < -0.4 is 0 Å². The zero-order valence-corrected chi connectivity index (χ0v) is 12.8. The van der Waals surface area contributed by atoms with Crippen molar-refractivity contribution in [1.82, 2.24) is 9.80 Å². The van der Waals surface area contributed by atoms with Crippen molar-refractivity contribution in [3.63, 3.8) is 0 Å². The topological polar surface area (TPSA) is 49.9 Å². The number of carbonyl (C=O) groups excluding carboxylic acids is 2. The highest BCUT2D eigenvalue weighted by molar-refractivity contribution is 5.91. The number of likely N-dealkylation sites (tertiary alicyclic amines) is 1. The quantitative estimate of drug-likeness (QED) is 0.776. The molecule has 0 saturated carbocycles. The number of rotatable bonds is 2. The summed E-state index contributed by atoms with van der Waals surface area (Å²) in [7, 11) is 0. The Kier molecular flexibility index (Phi) is 4.02. The van der Waals surface area contributed by atoms with Gasteiger partial charge in [-0.3, -0.25) is 9.59 Å². The van der Waals surface area contributed by atoms with Gasteiger partial charge in [-0.1, -0.05) is 6.08 Å². The van der Waals surface area contributed by atoms with Crippen LogP contribution in [0.1, 0.15) is 39.0 Å². The maximum Gasteiger partial charge on any atom is 0.234 e. The van der Waals surface area contributed by atoms with Crippen LogP contribution >= 0.6 is 0 Å². The molecule has 2 fully saturated rings. The molecule has 0 bridgehead atoms. The minimum Gasteiger partial charge on any atom is -0.378 e. The standard InChI is InChI=1S/C16H24N2O3/c1-2-18-13-5-3-4-7-16(13,8-6-14(18)19)15(20)17-9-11-21-12-10-17/h5H,2-4,6-12H2,1H3. The second kappa shape index (κ2) is 5.79. The van der Waals surface area contributed by atoms with Gasteiger partial charge in [0, 0.05) is 31.8 Å². The van der Waals surface area contributed by atoms with Crippen LogP contribution in [-0.2, 0) is 14.3 Å². The lowest BCUT2D eigenvalue weighted by atomic mass is 9.68. The lowest BCUT2D eigenvalue weighted by molar-refractivity contribution is -0.150. The minimum atomic E-state index is -0.459. The molecule has 2 aliphatic heterocycles. The normalized spacial score (nSPS) is 30.0. The Hall–Kier alpha value is -1.36. The van der Waals surface area contributed by atoms with Crippen LogP contribution in [0.15, 0.2) is 11.8 Å². The van der Waals surface area contributed by atoms with Crippen molar-refractivity contribution in [2.45, 2.75) is 39.0 Å². The lowest BCUT2D eigenvalue weighted by Crippen LogP contribution is -2.55. The molecular weight excluding hydrogens is 268 g/mol. The van der Waals surface area contributed by atoms with E-state index in [1.165, 1.54) is 0 Å². The molecule has 0 aromatic rings. The van der Waals surface area contributed by atoms with Crippen LogP contribution in [0.25, 0.3) is 0 Å². The Bertz CT molecular complexity index is 468. The van der Waals surface area contributed by atoms with Gasteiger partial charge in [-0.2, -0.15) is 0 Å². The molecule has 3 rings (SSSR count). The van der Waals surface area contributed by atoms with Gasteiger partial charge in [0.25, 0.3) is 0 Å².